The van der Waals surface area contributed by atoms with E-state index in [1.165, 1.54) is 17.0 Å². The average molecular weight is 1170 g/mol. The summed E-state index contributed by atoms with van der Waals surface area (Å²) in [5.41, 5.74) is 6.35. The Morgan fingerprint density at radius 2 is 1.10 bits per heavy atom. The molecule has 6 aliphatic rings. The van der Waals surface area contributed by atoms with E-state index in [0.717, 1.165) is 12.7 Å². The van der Waals surface area contributed by atoms with Crippen molar-refractivity contribution in [2.45, 2.75) is 55.6 Å². The molecule has 69 heavy (non-hydrogen) atoms. The van der Waals surface area contributed by atoms with Crippen molar-refractivity contribution in [3.8, 4) is 11.5 Å². The number of primary amides is 2. The summed E-state index contributed by atoms with van der Waals surface area (Å²) in [6.45, 7) is 0.0455. The third-order valence-corrected chi connectivity index (χ3v) is 16.3. The van der Waals surface area contributed by atoms with E-state index in [0.29, 0.717) is 24.0 Å². The zero-order valence-electron chi connectivity index (χ0n) is 37.5. The van der Waals surface area contributed by atoms with E-state index in [9.17, 15) is 64.5 Å². The maximum absolute atomic E-state index is 14.0. The minimum atomic E-state index is -2.65. The number of ketones is 4. The smallest absolute Gasteiger partial charge is 0.255 e. The first kappa shape index (κ1) is 49.8. The van der Waals surface area contributed by atoms with Crippen LogP contribution in [0.3, 0.4) is 0 Å². The van der Waals surface area contributed by atoms with E-state index in [4.69, 9.17) is 16.2 Å². The van der Waals surface area contributed by atoms with E-state index in [2.05, 4.69) is 45.2 Å². The number of rotatable bonds is 7. The van der Waals surface area contributed by atoms with Crippen LogP contribution in [0.15, 0.2) is 88.4 Å². The molecule has 0 bridgehead atoms. The first-order valence-electron chi connectivity index (χ1n) is 21.7. The molecule has 0 heterocycles. The molecule has 2 saturated carbocycles. The van der Waals surface area contributed by atoms with Crippen LogP contribution in [-0.2, 0) is 53.0 Å². The number of phenolic OH excluding ortho intramolecular Hbond substituents is 2. The topological polar surface area (TPSA) is 312 Å². The van der Waals surface area contributed by atoms with Crippen molar-refractivity contribution < 1.29 is 69.2 Å². The highest BCUT2D eigenvalue weighted by molar-refractivity contribution is 14.1. The van der Waals surface area contributed by atoms with Crippen molar-refractivity contribution in [1.29, 1.82) is 0 Å². The monoisotopic (exact) mass is 1170 g/mol. The molecular weight excluding hydrogens is 1120 g/mol. The fraction of sp³-hybridized carbons (Fsp3) is 0.347. The van der Waals surface area contributed by atoms with E-state index < -0.39 is 110 Å². The second-order valence-electron chi connectivity index (χ2n) is 18.5. The number of hydrogen-bond donors (Lipinski definition) is 9. The number of halogens is 2. The van der Waals surface area contributed by atoms with Crippen molar-refractivity contribution in [2.24, 2.45) is 35.1 Å². The van der Waals surface area contributed by atoms with Gasteiger partial charge in [-0.3, -0.25) is 38.6 Å². The number of ether oxygens (including phenoxy) is 1. The van der Waals surface area contributed by atoms with Gasteiger partial charge in [0.1, 0.15) is 52.3 Å². The van der Waals surface area contributed by atoms with Gasteiger partial charge in [0.05, 0.1) is 23.2 Å². The highest BCUT2D eigenvalue weighted by Gasteiger charge is 2.66. The van der Waals surface area contributed by atoms with Crippen molar-refractivity contribution >= 4 is 91.6 Å². The SMILES string of the molecule is CN(C)[C@@H]1C(=O)C(C(N)=O)=C(O)[C@@]2(O)C(=O)C3=C(O)c4c(O)ccc(I)c4C[C@H]3C[C@@H]12.CN(C)[C@@H]1C(OCc2ccccc2)=C(C(N)=O)C(=O)[C@@]2(O)C(=O)C3=C(O)c4c(O)ccc(I)c4C[C@H]3C[C@@H]12. The number of aliphatic hydroxyl groups is 5. The molecule has 8 atom stereocenters. The number of phenols is 2. The Kier molecular flexibility index (Phi) is 12.9. The van der Waals surface area contributed by atoms with E-state index in [1.807, 2.05) is 30.3 Å². The van der Waals surface area contributed by atoms with Crippen LogP contribution in [0.2, 0.25) is 0 Å². The number of fused-ring (bicyclic) bond motifs is 6. The van der Waals surface area contributed by atoms with Crippen molar-refractivity contribution in [2.75, 3.05) is 28.2 Å². The lowest BCUT2D eigenvalue weighted by atomic mass is 9.57. The second kappa shape index (κ2) is 17.9. The zero-order chi connectivity index (χ0) is 50.5. The highest BCUT2D eigenvalue weighted by Crippen LogP contribution is 2.55. The lowest BCUT2D eigenvalue weighted by Crippen LogP contribution is -2.67. The second-order valence-corrected chi connectivity index (χ2v) is 20.8. The summed E-state index contributed by atoms with van der Waals surface area (Å²) >= 11 is 4.18. The van der Waals surface area contributed by atoms with Gasteiger partial charge in [0.15, 0.2) is 17.0 Å². The number of carbonyl (C=O) groups is 6. The van der Waals surface area contributed by atoms with Gasteiger partial charge in [0.25, 0.3) is 11.8 Å². The van der Waals surface area contributed by atoms with Crippen LogP contribution in [0.4, 0.5) is 0 Å². The number of Topliss-reactive ketones (excluding diaryl/α,β-unsaturated/α-hetero) is 4. The maximum atomic E-state index is 14.0. The fourth-order valence-corrected chi connectivity index (χ4v) is 12.6. The van der Waals surface area contributed by atoms with Crippen LogP contribution in [0, 0.1) is 30.8 Å². The summed E-state index contributed by atoms with van der Waals surface area (Å²) < 4.78 is 7.65. The molecule has 0 radical (unpaired) electrons. The van der Waals surface area contributed by atoms with Crippen molar-refractivity contribution in [3.05, 3.63) is 123 Å². The summed E-state index contributed by atoms with van der Waals surface area (Å²) in [4.78, 5) is 81.9. The molecule has 18 nitrogen and oxygen atoms in total. The Morgan fingerprint density at radius 3 is 1.55 bits per heavy atom. The number of aliphatic hydroxyl groups excluding tert-OH is 3. The Balaban J connectivity index is 0.000000190. The number of amides is 2. The molecule has 0 spiro atoms. The summed E-state index contributed by atoms with van der Waals surface area (Å²) in [5.74, 6) is -11.9. The van der Waals surface area contributed by atoms with Crippen LogP contribution < -0.4 is 11.5 Å². The van der Waals surface area contributed by atoms with Crippen molar-refractivity contribution in [3.63, 3.8) is 0 Å². The van der Waals surface area contributed by atoms with Crippen molar-refractivity contribution in [1.82, 2.24) is 9.80 Å². The molecule has 2 fully saturated rings. The summed E-state index contributed by atoms with van der Waals surface area (Å²) in [5, 5.41) is 76.9. The Hall–Kier alpha value is -5.66. The lowest BCUT2D eigenvalue weighted by molar-refractivity contribution is -0.163. The van der Waals surface area contributed by atoms with E-state index in [1.54, 1.807) is 45.2 Å². The molecule has 0 aromatic heterocycles. The zero-order valence-corrected chi connectivity index (χ0v) is 41.8. The van der Waals surface area contributed by atoms with Crippen LogP contribution in [0.1, 0.15) is 40.7 Å². The van der Waals surface area contributed by atoms with Gasteiger partial charge in [0.2, 0.25) is 17.3 Å². The minimum Gasteiger partial charge on any atom is -0.508 e. The number of likely N-dealkylation sites (N-methyl/N-ethyl adjacent to an activating group) is 2. The van der Waals surface area contributed by atoms with Crippen LogP contribution in [-0.4, -0.2) is 132 Å². The average Bonchev–Trinajstić information content (AvgIpc) is 3.27. The molecule has 362 valence electrons. The molecule has 0 aliphatic heterocycles. The molecular formula is C49H48I2N4O14. The number of benzene rings is 3. The molecule has 3 aromatic carbocycles. The molecule has 9 rings (SSSR count). The molecule has 20 heteroatoms. The van der Waals surface area contributed by atoms with Gasteiger partial charge in [-0.2, -0.15) is 0 Å². The van der Waals surface area contributed by atoms with Gasteiger partial charge in [-0.05, 0) is 152 Å². The summed E-state index contributed by atoms with van der Waals surface area (Å²) in [6, 6.07) is 13.5. The molecule has 11 N–H and O–H groups in total. The highest BCUT2D eigenvalue weighted by atomic mass is 127. The molecule has 0 unspecified atom stereocenters. The molecule has 0 saturated heterocycles. The largest absolute Gasteiger partial charge is 0.508 e. The third-order valence-electron chi connectivity index (χ3n) is 14.3. The van der Waals surface area contributed by atoms with Gasteiger partial charge < -0.3 is 51.9 Å². The summed E-state index contributed by atoms with van der Waals surface area (Å²) in [6.07, 6.45) is 0.838. The quantitative estimate of drug-likeness (QED) is 0.0934. The predicted octanol–water partition coefficient (Wildman–Crippen LogP) is 2.80. The van der Waals surface area contributed by atoms with Gasteiger partial charge in [-0.15, -0.1) is 0 Å². The van der Waals surface area contributed by atoms with Crippen LogP contribution in [0.5, 0.6) is 11.5 Å². The summed E-state index contributed by atoms with van der Waals surface area (Å²) in [7, 11) is 6.54. The standard InChI is InChI=1S/C28H27IN2O7.C21H21IN2O7/c1-31(2)22-16-11-14-10-15-17(29)8-9-18(32)20(15)23(33)19(14)25(34)28(16,37)26(35)21(27(30)36)24(22)38-12-13-6-4-3-5-7-13;1-24(2)15-9-6-7-5-8-10(22)3-4-11(25)13(8)16(26)12(7)18(28)21(9,31)19(29)14(17(15)27)20(23)30/h3-9,14,16,22,32-33,37H,10-12H2,1-2H3,(H2,30,36);3-4,7,9,15,25-26,29,31H,5-6H2,1-2H3,(H2,23,30)/t14-,16-,22-,28-;7-,9-,15-,21-/m00/s1. The number of nitrogens with two attached hydrogens (primary N) is 2. The lowest BCUT2D eigenvalue weighted by Gasteiger charge is -2.50. The van der Waals surface area contributed by atoms with Gasteiger partial charge in [-0.1, -0.05) is 30.3 Å². The van der Waals surface area contributed by atoms with Gasteiger partial charge in [-0.25, -0.2) is 0 Å². The fourth-order valence-electron chi connectivity index (χ4n) is 11.3. The third kappa shape index (κ3) is 7.55. The van der Waals surface area contributed by atoms with E-state index >= 15 is 0 Å². The molecule has 3 aromatic rings. The first-order valence-corrected chi connectivity index (χ1v) is 23.8. The molecule has 6 aliphatic carbocycles. The predicted molar refractivity (Wildman–Crippen MR) is 263 cm³/mol. The molecule has 2 amide bonds. The van der Waals surface area contributed by atoms with Gasteiger partial charge >= 0.3 is 0 Å². The number of nitrogens with zero attached hydrogens (tertiary/aromatic N) is 2. The maximum Gasteiger partial charge on any atom is 0.255 e. The first-order chi connectivity index (χ1) is 32.4. The normalized spacial score (nSPS) is 28.3. The number of carbonyl (C=O) groups excluding carboxylic acids is 6. The number of aromatic hydroxyl groups is 2. The Bertz CT molecular complexity index is 2940. The van der Waals surface area contributed by atoms with Crippen LogP contribution in [0.25, 0.3) is 11.5 Å². The minimum absolute atomic E-state index is 0.0129. The van der Waals surface area contributed by atoms with Gasteiger partial charge in [0, 0.05) is 30.1 Å². The Morgan fingerprint density at radius 1 is 0.652 bits per heavy atom. The number of hydrogen-bond acceptors (Lipinski definition) is 16. The van der Waals surface area contributed by atoms with E-state index in [-0.39, 0.29) is 59.0 Å². The van der Waals surface area contributed by atoms with Crippen LogP contribution >= 0.6 is 45.2 Å². The Labute approximate surface area is 421 Å².